The highest BCUT2D eigenvalue weighted by Gasteiger charge is 2.30. The number of rotatable bonds is 6. The molecule has 1 atom stereocenters. The summed E-state index contributed by atoms with van der Waals surface area (Å²) in [6.07, 6.45) is -3.16. The largest absolute Gasteiger partial charge is 0.477 e. The van der Waals surface area contributed by atoms with Crippen molar-refractivity contribution in [3.8, 4) is 0 Å². The second-order valence-electron chi connectivity index (χ2n) is 6.66. The minimum atomic E-state index is -4.44. The van der Waals surface area contributed by atoms with Gasteiger partial charge in [0.1, 0.15) is 11.7 Å². The molecule has 0 bridgehead atoms. The molecule has 3 rings (SSSR count). The van der Waals surface area contributed by atoms with E-state index in [4.69, 9.17) is 5.11 Å². The number of aromatic nitrogens is 4. The van der Waals surface area contributed by atoms with Gasteiger partial charge in [0, 0.05) is 18.0 Å². The van der Waals surface area contributed by atoms with Crippen LogP contribution in [0, 0.1) is 6.92 Å². The van der Waals surface area contributed by atoms with Crippen molar-refractivity contribution in [2.75, 3.05) is 5.32 Å². The third kappa shape index (κ3) is 4.50. The summed E-state index contributed by atoms with van der Waals surface area (Å²) >= 11 is 0. The third-order valence-electron chi connectivity index (χ3n) is 4.45. The van der Waals surface area contributed by atoms with E-state index in [9.17, 15) is 22.8 Å². The van der Waals surface area contributed by atoms with Crippen LogP contribution in [0.4, 0.5) is 19.0 Å². The van der Waals surface area contributed by atoms with Gasteiger partial charge in [-0.3, -0.25) is 9.48 Å². The summed E-state index contributed by atoms with van der Waals surface area (Å²) in [6, 6.07) is 6.85. The van der Waals surface area contributed by atoms with Crippen molar-refractivity contribution in [3.63, 3.8) is 0 Å². The molecule has 8 nitrogen and oxygen atoms in total. The van der Waals surface area contributed by atoms with Gasteiger partial charge in [-0.15, -0.1) is 0 Å². The summed E-state index contributed by atoms with van der Waals surface area (Å²) < 4.78 is 41.2. The predicted octanol–water partition coefficient (Wildman–Crippen LogP) is 3.35. The first-order valence-corrected chi connectivity index (χ1v) is 8.84. The third-order valence-corrected chi connectivity index (χ3v) is 4.45. The fourth-order valence-electron chi connectivity index (χ4n) is 2.88. The Morgan fingerprint density at radius 2 is 1.97 bits per heavy atom. The van der Waals surface area contributed by atoms with Gasteiger partial charge in [0.15, 0.2) is 5.82 Å². The molecule has 0 aliphatic rings. The number of anilines is 1. The standard InChI is InChI=1S/C19H18F3N5O3/c1-11-8-16(24-17(28)12(2)27-15(18(29)30)6-7-23-27)25-26(11)10-13-4-3-5-14(9-13)19(20,21)22/h3-9,12H,10H2,1-2H3,(H,29,30)(H,24,25,28). The summed E-state index contributed by atoms with van der Waals surface area (Å²) in [4.78, 5) is 23.7. The number of carbonyl (C=O) groups excluding carboxylic acids is 1. The van der Waals surface area contributed by atoms with Crippen molar-refractivity contribution in [2.45, 2.75) is 32.6 Å². The van der Waals surface area contributed by atoms with Gasteiger partial charge in [-0.2, -0.15) is 23.4 Å². The topological polar surface area (TPSA) is 102 Å². The van der Waals surface area contributed by atoms with Crippen LogP contribution in [0.2, 0.25) is 0 Å². The zero-order valence-corrected chi connectivity index (χ0v) is 16.0. The average Bonchev–Trinajstić information content (AvgIpc) is 3.28. The molecule has 0 spiro atoms. The number of carboxylic acid groups (broad SMARTS) is 1. The molecule has 2 N–H and O–H groups in total. The van der Waals surface area contributed by atoms with Gasteiger partial charge in [0.05, 0.1) is 12.1 Å². The number of nitrogens with one attached hydrogen (secondary N) is 1. The monoisotopic (exact) mass is 421 g/mol. The number of alkyl halides is 3. The molecule has 0 saturated carbocycles. The van der Waals surface area contributed by atoms with Crippen molar-refractivity contribution < 1.29 is 27.9 Å². The maximum atomic E-state index is 12.9. The van der Waals surface area contributed by atoms with Crippen LogP contribution in [-0.4, -0.2) is 36.5 Å². The van der Waals surface area contributed by atoms with E-state index in [1.54, 1.807) is 19.1 Å². The molecule has 2 aromatic heterocycles. The molecule has 0 fully saturated rings. The highest BCUT2D eigenvalue weighted by atomic mass is 19.4. The number of amides is 1. The molecule has 1 unspecified atom stereocenters. The van der Waals surface area contributed by atoms with Crippen LogP contribution in [0.1, 0.15) is 40.3 Å². The summed E-state index contributed by atoms with van der Waals surface area (Å²) in [5, 5.41) is 19.8. The van der Waals surface area contributed by atoms with Crippen LogP contribution in [-0.2, 0) is 17.5 Å². The highest BCUT2D eigenvalue weighted by molar-refractivity contribution is 5.94. The van der Waals surface area contributed by atoms with Gasteiger partial charge < -0.3 is 10.4 Å². The van der Waals surface area contributed by atoms with Gasteiger partial charge in [0.2, 0.25) is 5.91 Å². The minimum Gasteiger partial charge on any atom is -0.477 e. The smallest absolute Gasteiger partial charge is 0.416 e. The maximum Gasteiger partial charge on any atom is 0.416 e. The lowest BCUT2D eigenvalue weighted by molar-refractivity contribution is -0.137. The molecule has 11 heteroatoms. The molecular formula is C19H18F3N5O3. The van der Waals surface area contributed by atoms with E-state index < -0.39 is 29.7 Å². The molecule has 2 heterocycles. The number of halogens is 3. The number of hydrogen-bond acceptors (Lipinski definition) is 4. The first-order chi connectivity index (χ1) is 14.1. The van der Waals surface area contributed by atoms with E-state index in [1.807, 2.05) is 0 Å². The molecule has 0 aliphatic carbocycles. The number of aryl methyl sites for hydroxylation is 1. The van der Waals surface area contributed by atoms with Gasteiger partial charge >= 0.3 is 12.1 Å². The Hall–Kier alpha value is -3.63. The molecule has 158 valence electrons. The second kappa shape index (κ2) is 8.01. The van der Waals surface area contributed by atoms with Crippen LogP contribution in [0.5, 0.6) is 0 Å². The van der Waals surface area contributed by atoms with Gasteiger partial charge in [-0.05, 0) is 37.6 Å². The Labute approximate surface area is 168 Å². The van der Waals surface area contributed by atoms with Crippen LogP contribution < -0.4 is 5.32 Å². The molecular weight excluding hydrogens is 403 g/mol. The van der Waals surface area contributed by atoms with Crippen LogP contribution in [0.3, 0.4) is 0 Å². The van der Waals surface area contributed by atoms with Crippen LogP contribution in [0.25, 0.3) is 0 Å². The van der Waals surface area contributed by atoms with E-state index in [2.05, 4.69) is 15.5 Å². The van der Waals surface area contributed by atoms with Crippen molar-refractivity contribution in [1.29, 1.82) is 0 Å². The number of benzene rings is 1. The van der Waals surface area contributed by atoms with E-state index in [-0.39, 0.29) is 18.1 Å². The Bertz CT molecular complexity index is 1090. The fourth-order valence-corrected chi connectivity index (χ4v) is 2.88. The summed E-state index contributed by atoms with van der Waals surface area (Å²) in [5.74, 6) is -1.56. The molecule has 1 aromatic carbocycles. The van der Waals surface area contributed by atoms with Crippen LogP contribution in [0.15, 0.2) is 42.6 Å². The number of aromatic carboxylic acids is 1. The lowest BCUT2D eigenvalue weighted by atomic mass is 10.1. The van der Waals surface area contributed by atoms with Crippen molar-refractivity contribution in [2.24, 2.45) is 0 Å². The van der Waals surface area contributed by atoms with Crippen LogP contribution >= 0.6 is 0 Å². The summed E-state index contributed by atoms with van der Waals surface area (Å²) in [7, 11) is 0. The normalized spacial score (nSPS) is 12.6. The van der Waals surface area contributed by atoms with Crippen molar-refractivity contribution in [1.82, 2.24) is 19.6 Å². The van der Waals surface area contributed by atoms with E-state index in [0.717, 1.165) is 16.8 Å². The minimum absolute atomic E-state index is 0.0868. The lowest BCUT2D eigenvalue weighted by Gasteiger charge is -2.13. The summed E-state index contributed by atoms with van der Waals surface area (Å²) in [6.45, 7) is 3.28. The number of nitrogens with zero attached hydrogens (tertiary/aromatic N) is 4. The number of hydrogen-bond donors (Lipinski definition) is 2. The van der Waals surface area contributed by atoms with E-state index in [1.165, 1.54) is 29.9 Å². The Kier molecular flexibility index (Phi) is 5.63. The average molecular weight is 421 g/mol. The number of carboxylic acids is 1. The zero-order chi connectivity index (χ0) is 22.1. The van der Waals surface area contributed by atoms with Gasteiger partial charge in [0.25, 0.3) is 0 Å². The van der Waals surface area contributed by atoms with Gasteiger partial charge in [-0.25, -0.2) is 9.48 Å². The quantitative estimate of drug-likeness (QED) is 0.636. The second-order valence-corrected chi connectivity index (χ2v) is 6.66. The van der Waals surface area contributed by atoms with Crippen molar-refractivity contribution in [3.05, 3.63) is 65.1 Å². The molecule has 0 aliphatic heterocycles. The lowest BCUT2D eigenvalue weighted by Crippen LogP contribution is -2.27. The van der Waals surface area contributed by atoms with Gasteiger partial charge in [-0.1, -0.05) is 12.1 Å². The Balaban J connectivity index is 1.74. The maximum absolute atomic E-state index is 12.9. The summed E-state index contributed by atoms with van der Waals surface area (Å²) in [5.41, 5.74) is 0.148. The van der Waals surface area contributed by atoms with E-state index in [0.29, 0.717) is 11.3 Å². The molecule has 0 saturated heterocycles. The molecule has 0 radical (unpaired) electrons. The fraction of sp³-hybridized carbons (Fsp3) is 0.263. The highest BCUT2D eigenvalue weighted by Crippen LogP contribution is 2.29. The first-order valence-electron chi connectivity index (χ1n) is 8.84. The Morgan fingerprint density at radius 1 is 1.23 bits per heavy atom. The predicted molar refractivity (Wildman–Crippen MR) is 100 cm³/mol. The molecule has 1 amide bonds. The van der Waals surface area contributed by atoms with E-state index >= 15 is 0 Å². The molecule has 3 aromatic rings. The first kappa shape index (κ1) is 21.1. The van der Waals surface area contributed by atoms with Crippen molar-refractivity contribution >= 4 is 17.7 Å². The zero-order valence-electron chi connectivity index (χ0n) is 16.0. The number of carbonyl (C=O) groups is 2. The SMILES string of the molecule is Cc1cc(NC(=O)C(C)n2nccc2C(=O)O)nn1Cc1cccc(C(F)(F)F)c1. The Morgan fingerprint density at radius 3 is 2.63 bits per heavy atom. The molecule has 30 heavy (non-hydrogen) atoms.